The van der Waals surface area contributed by atoms with Gasteiger partial charge in [-0.2, -0.15) is 0 Å². The monoisotopic (exact) mass is 1070 g/mol. The van der Waals surface area contributed by atoms with Gasteiger partial charge in [-0.15, -0.1) is 0 Å². The van der Waals surface area contributed by atoms with Crippen molar-refractivity contribution in [3.05, 3.63) is 258 Å². The van der Waals surface area contributed by atoms with Crippen LogP contribution in [-0.4, -0.2) is 40.9 Å². The fourth-order valence-corrected chi connectivity index (χ4v) is 7.79. The number of hydrogen-bond donors (Lipinski definition) is 8. The molecule has 0 aliphatic heterocycles. The average Bonchev–Trinajstić information content (AvgIpc) is 3.37. The molecule has 418 valence electrons. The van der Waals surface area contributed by atoms with Crippen LogP contribution in [0.2, 0.25) is 0 Å². The third-order valence-corrected chi connectivity index (χ3v) is 12.8. The molecule has 79 heavy (non-hydrogen) atoms. The van der Waals surface area contributed by atoms with E-state index in [9.17, 15) is 25.5 Å². The van der Waals surface area contributed by atoms with Crippen LogP contribution in [0.15, 0.2) is 164 Å². The Morgan fingerprint density at radius 2 is 0.658 bits per heavy atom. The molecule has 0 fully saturated rings. The van der Waals surface area contributed by atoms with Crippen LogP contribution in [0, 0.1) is 118 Å². The molecule has 0 radical (unpaired) electrons. The van der Waals surface area contributed by atoms with E-state index in [4.69, 9.17) is 15.3 Å². The van der Waals surface area contributed by atoms with E-state index in [0.717, 1.165) is 89.0 Å². The molecule has 0 atom stereocenters. The maximum absolute atomic E-state index is 9.57. The highest BCUT2D eigenvalue weighted by Gasteiger charge is 2.06. The van der Waals surface area contributed by atoms with Gasteiger partial charge >= 0.3 is 0 Å². The van der Waals surface area contributed by atoms with Crippen molar-refractivity contribution < 1.29 is 40.9 Å². The zero-order valence-electron chi connectivity index (χ0n) is 49.7. The van der Waals surface area contributed by atoms with Crippen LogP contribution in [0.4, 0.5) is 0 Å². The average molecular weight is 1070 g/mol. The molecule has 0 aliphatic rings. The van der Waals surface area contributed by atoms with Gasteiger partial charge in [0.05, 0.1) is 0 Å². The third kappa shape index (κ3) is 24.1. The van der Waals surface area contributed by atoms with E-state index < -0.39 is 0 Å². The van der Waals surface area contributed by atoms with Crippen LogP contribution in [0.25, 0.3) is 11.1 Å². The standard InChI is InChI=1S/C12H10O.C10H14O.3C9H12O.C8H10O.2C7H8O/c13-12-9-5-4-8-11(12)10-6-2-1-3-7-10;1-6-5-7(2)9(4)10(11)8(6)3;1-6-4-8(3)9(10)5-7(6)2;1-6-4-7(2)8(3)9(10)5-6;1-6-4-7(2)9(10)8(3)5-6;1-6-3-7(2)5-8(9)4-6;1-6-2-4-7(8)5-3-6;1-6-3-2-4-7(8)5-6/h1-9,13H;5,11H,1-4H3;3*4-5,10H,1-3H3;3-5,9H,1-2H3;2*2-5,8H,1H3. The fourth-order valence-electron chi connectivity index (χ4n) is 7.79. The van der Waals surface area contributed by atoms with Crippen molar-refractivity contribution >= 4 is 0 Å². The van der Waals surface area contributed by atoms with Gasteiger partial charge < -0.3 is 40.9 Å². The number of aromatic hydroxyl groups is 8. The number of phenols is 8. The van der Waals surface area contributed by atoms with E-state index >= 15 is 0 Å². The Hall–Kier alpha value is -8.62. The molecule has 9 rings (SSSR count). The summed E-state index contributed by atoms with van der Waals surface area (Å²) in [5.41, 5.74) is 20.4. The summed E-state index contributed by atoms with van der Waals surface area (Å²) < 4.78 is 0. The molecule has 9 aromatic rings. The van der Waals surface area contributed by atoms with E-state index in [0.29, 0.717) is 46.0 Å². The maximum atomic E-state index is 9.57. The van der Waals surface area contributed by atoms with Gasteiger partial charge in [-0.1, -0.05) is 120 Å². The number of hydrogen-bond acceptors (Lipinski definition) is 8. The van der Waals surface area contributed by atoms with Gasteiger partial charge in [0, 0.05) is 5.56 Å². The van der Waals surface area contributed by atoms with E-state index in [1.54, 1.807) is 54.6 Å². The topological polar surface area (TPSA) is 162 Å². The first kappa shape index (κ1) is 66.5. The van der Waals surface area contributed by atoms with Crippen molar-refractivity contribution in [2.45, 2.75) is 118 Å². The van der Waals surface area contributed by atoms with Crippen LogP contribution < -0.4 is 0 Å². The predicted molar refractivity (Wildman–Crippen MR) is 331 cm³/mol. The molecule has 0 unspecified atom stereocenters. The highest BCUT2D eigenvalue weighted by atomic mass is 16.3. The van der Waals surface area contributed by atoms with Gasteiger partial charge in [-0.05, 0) is 261 Å². The van der Waals surface area contributed by atoms with E-state index in [1.807, 2.05) is 215 Å². The number of benzene rings is 9. The second-order valence-corrected chi connectivity index (χ2v) is 20.2. The lowest BCUT2D eigenvalue weighted by Gasteiger charge is -2.08. The van der Waals surface area contributed by atoms with Crippen molar-refractivity contribution in [2.24, 2.45) is 0 Å². The van der Waals surface area contributed by atoms with Gasteiger partial charge in [0.15, 0.2) is 0 Å². The molecule has 0 saturated carbocycles. The lowest BCUT2D eigenvalue weighted by molar-refractivity contribution is 0.465. The van der Waals surface area contributed by atoms with Crippen molar-refractivity contribution in [1.82, 2.24) is 0 Å². The first-order valence-corrected chi connectivity index (χ1v) is 26.2. The molecule has 0 heterocycles. The molecule has 8 nitrogen and oxygen atoms in total. The van der Waals surface area contributed by atoms with Crippen LogP contribution in [0.3, 0.4) is 0 Å². The van der Waals surface area contributed by atoms with Gasteiger partial charge in [0.2, 0.25) is 0 Å². The summed E-state index contributed by atoms with van der Waals surface area (Å²) >= 11 is 0. The molecule has 0 aliphatic carbocycles. The largest absolute Gasteiger partial charge is 0.508 e. The Balaban J connectivity index is 0.000000310. The Morgan fingerprint density at radius 3 is 1.11 bits per heavy atom. The van der Waals surface area contributed by atoms with Crippen LogP contribution in [0.1, 0.15) is 94.6 Å². The number of aryl methyl sites for hydroxylation is 14. The molecule has 9 aromatic carbocycles. The second-order valence-electron chi connectivity index (χ2n) is 20.2. The summed E-state index contributed by atoms with van der Waals surface area (Å²) in [7, 11) is 0. The van der Waals surface area contributed by atoms with Crippen molar-refractivity contribution in [2.75, 3.05) is 0 Å². The molecule has 8 N–H and O–H groups in total. The van der Waals surface area contributed by atoms with Gasteiger partial charge in [-0.25, -0.2) is 0 Å². The minimum absolute atomic E-state index is 0.328. The van der Waals surface area contributed by atoms with Crippen molar-refractivity contribution in [3.63, 3.8) is 0 Å². The lowest BCUT2D eigenvalue weighted by atomic mass is 10.0. The van der Waals surface area contributed by atoms with Gasteiger partial charge in [0.1, 0.15) is 46.0 Å². The highest BCUT2D eigenvalue weighted by Crippen LogP contribution is 2.29. The van der Waals surface area contributed by atoms with Crippen LogP contribution in [0.5, 0.6) is 46.0 Å². The maximum Gasteiger partial charge on any atom is 0.123 e. The Labute approximate surface area is 471 Å². The number of para-hydroxylation sites is 1. The molecule has 0 saturated heterocycles. The summed E-state index contributed by atoms with van der Waals surface area (Å²) in [5, 5.41) is 73.5. The summed E-state index contributed by atoms with van der Waals surface area (Å²) in [5.74, 6) is 3.01. The normalized spacial score (nSPS) is 9.73. The van der Waals surface area contributed by atoms with Gasteiger partial charge in [-0.3, -0.25) is 0 Å². The van der Waals surface area contributed by atoms with E-state index in [1.165, 1.54) is 16.7 Å². The Kier molecular flexibility index (Phi) is 27.6. The summed E-state index contributed by atoms with van der Waals surface area (Å²) in [6.07, 6.45) is 0. The Morgan fingerprint density at radius 1 is 0.215 bits per heavy atom. The van der Waals surface area contributed by atoms with Gasteiger partial charge in [0.25, 0.3) is 0 Å². The molecule has 0 amide bonds. The van der Waals surface area contributed by atoms with Crippen molar-refractivity contribution in [3.8, 4) is 57.1 Å². The molecular formula is C71H86O8. The lowest BCUT2D eigenvalue weighted by Crippen LogP contribution is -1.88. The number of rotatable bonds is 1. The highest BCUT2D eigenvalue weighted by molar-refractivity contribution is 5.69. The second kappa shape index (κ2) is 32.8. The Bertz CT molecular complexity index is 3050. The first-order chi connectivity index (χ1) is 37.0. The molecule has 8 heteroatoms. The fraction of sp³-hybridized carbons (Fsp3) is 0.239. The SMILES string of the molecule is Cc1cc(C)c(C)c(O)c1.Cc1cc(C)c(C)c(O)c1C.Cc1cc(C)c(O)c(C)c1.Cc1cc(C)c(O)cc1C.Cc1cc(C)cc(O)c1.Cc1ccc(O)cc1.Cc1cccc(O)c1.Oc1ccccc1-c1ccccc1. The first-order valence-electron chi connectivity index (χ1n) is 26.2. The molecule has 0 bridgehead atoms. The zero-order valence-corrected chi connectivity index (χ0v) is 49.7. The van der Waals surface area contributed by atoms with Crippen LogP contribution in [-0.2, 0) is 0 Å². The third-order valence-electron chi connectivity index (χ3n) is 12.8. The van der Waals surface area contributed by atoms with E-state index in [2.05, 4.69) is 12.1 Å². The molecule has 0 spiro atoms. The molecule has 0 aromatic heterocycles. The predicted octanol–water partition coefficient (Wildman–Crippen LogP) is 18.0. The minimum atomic E-state index is 0.328. The van der Waals surface area contributed by atoms with Crippen LogP contribution >= 0.6 is 0 Å². The summed E-state index contributed by atoms with van der Waals surface area (Å²) in [6.45, 7) is 33.5. The molecular weight excluding hydrogens is 981 g/mol. The summed E-state index contributed by atoms with van der Waals surface area (Å²) in [6, 6.07) is 50.6. The smallest absolute Gasteiger partial charge is 0.123 e. The quantitative estimate of drug-likeness (QED) is 0.0806. The minimum Gasteiger partial charge on any atom is -0.508 e. The summed E-state index contributed by atoms with van der Waals surface area (Å²) in [4.78, 5) is 0. The van der Waals surface area contributed by atoms with Crippen molar-refractivity contribution in [1.29, 1.82) is 0 Å². The number of phenolic OH excluding ortho intramolecular Hbond substituents is 8. The van der Waals surface area contributed by atoms with E-state index in [-0.39, 0.29) is 0 Å². The zero-order chi connectivity index (χ0) is 59.7.